The molecule has 1 aliphatic heterocycles. The van der Waals surface area contributed by atoms with Crippen LogP contribution in [0, 0.1) is 5.82 Å². The van der Waals surface area contributed by atoms with Crippen molar-refractivity contribution in [1.29, 1.82) is 0 Å². The number of benzene rings is 2. The topological polar surface area (TPSA) is 49.4 Å². The molecule has 2 aromatic carbocycles. The number of nitrogens with zero attached hydrogens (tertiary/aromatic N) is 1. The van der Waals surface area contributed by atoms with Crippen LogP contribution in [0.5, 0.6) is 0 Å². The molecule has 0 fully saturated rings. The largest absolute Gasteiger partial charge is 0.322 e. The predicted octanol–water partition coefficient (Wildman–Crippen LogP) is 4.81. The van der Waals surface area contributed by atoms with Crippen molar-refractivity contribution >= 4 is 34.8 Å². The van der Waals surface area contributed by atoms with Crippen molar-refractivity contribution in [3.63, 3.8) is 0 Å². The summed E-state index contributed by atoms with van der Waals surface area (Å²) in [6.07, 6.45) is 3.03. The average Bonchev–Trinajstić information content (AvgIpc) is 2.61. The van der Waals surface area contributed by atoms with Gasteiger partial charge in [-0.05, 0) is 48.7 Å². The van der Waals surface area contributed by atoms with Crippen LogP contribution in [0.1, 0.15) is 42.1 Å². The van der Waals surface area contributed by atoms with Crippen molar-refractivity contribution in [3.8, 4) is 0 Å². The van der Waals surface area contributed by atoms with Crippen LogP contribution in [-0.4, -0.2) is 18.4 Å². The molecule has 1 N–H and O–H groups in total. The lowest BCUT2D eigenvalue weighted by molar-refractivity contribution is -0.118. The molecule has 0 radical (unpaired) electrons. The lowest BCUT2D eigenvalue weighted by Crippen LogP contribution is -2.35. The van der Waals surface area contributed by atoms with Crippen molar-refractivity contribution in [2.24, 2.45) is 0 Å². The normalized spacial score (nSPS) is 13.5. The second-order valence-electron chi connectivity index (χ2n) is 6.29. The van der Waals surface area contributed by atoms with Crippen LogP contribution in [0.4, 0.5) is 15.8 Å². The van der Waals surface area contributed by atoms with E-state index in [1.807, 2.05) is 17.0 Å². The van der Waals surface area contributed by atoms with Gasteiger partial charge in [-0.1, -0.05) is 31.0 Å². The second-order valence-corrected chi connectivity index (χ2v) is 6.70. The number of fused-ring (bicyclic) bond motifs is 1. The van der Waals surface area contributed by atoms with Crippen LogP contribution < -0.4 is 10.2 Å². The highest BCUT2D eigenvalue weighted by atomic mass is 35.5. The third-order valence-corrected chi connectivity index (χ3v) is 4.78. The van der Waals surface area contributed by atoms with Crippen molar-refractivity contribution in [2.75, 3.05) is 16.8 Å². The van der Waals surface area contributed by atoms with Gasteiger partial charge in [0.2, 0.25) is 5.91 Å². The molecular formula is C20H20ClFN2O2. The first-order chi connectivity index (χ1) is 12.5. The molecule has 0 atom stereocenters. The maximum atomic E-state index is 13.9. The molecule has 0 aromatic heterocycles. The van der Waals surface area contributed by atoms with E-state index >= 15 is 0 Å². The molecule has 1 aliphatic rings. The second kappa shape index (κ2) is 7.87. The van der Waals surface area contributed by atoms with Crippen LogP contribution >= 0.6 is 11.6 Å². The molecule has 2 amide bonds. The lowest BCUT2D eigenvalue weighted by atomic mass is 10.00. The van der Waals surface area contributed by atoms with E-state index in [0.717, 1.165) is 24.1 Å². The maximum absolute atomic E-state index is 13.9. The van der Waals surface area contributed by atoms with Crippen molar-refractivity contribution in [2.45, 2.75) is 32.6 Å². The quantitative estimate of drug-likeness (QED) is 0.816. The molecule has 26 heavy (non-hydrogen) atoms. The van der Waals surface area contributed by atoms with Gasteiger partial charge in [0.1, 0.15) is 5.82 Å². The van der Waals surface area contributed by atoms with Crippen LogP contribution in [0.25, 0.3) is 0 Å². The first-order valence-corrected chi connectivity index (χ1v) is 9.07. The highest BCUT2D eigenvalue weighted by Crippen LogP contribution is 2.31. The number of carbonyl (C=O) groups excluding carboxylic acids is 2. The Balaban J connectivity index is 1.83. The number of anilines is 2. The standard InChI is InChI=1S/C20H20ClFN2O2/c1-2-3-11-24-17-9-8-14(12-13(17)7-10-18(24)25)23-20(26)19-15(21)5-4-6-16(19)22/h4-6,8-9,12H,2-3,7,10-11H2,1H3,(H,23,26). The van der Waals surface area contributed by atoms with Gasteiger partial charge in [-0.15, -0.1) is 0 Å². The summed E-state index contributed by atoms with van der Waals surface area (Å²) in [6.45, 7) is 2.78. The molecule has 136 valence electrons. The van der Waals surface area contributed by atoms with Gasteiger partial charge in [0.25, 0.3) is 5.91 Å². The molecule has 2 aromatic rings. The Morgan fingerprint density at radius 2 is 2.08 bits per heavy atom. The van der Waals surface area contributed by atoms with E-state index in [4.69, 9.17) is 11.6 Å². The third kappa shape index (κ3) is 3.73. The smallest absolute Gasteiger partial charge is 0.260 e. The Bertz CT molecular complexity index is 833. The average molecular weight is 375 g/mol. The summed E-state index contributed by atoms with van der Waals surface area (Å²) in [6, 6.07) is 9.53. The minimum Gasteiger partial charge on any atom is -0.322 e. The first-order valence-electron chi connectivity index (χ1n) is 8.70. The maximum Gasteiger partial charge on any atom is 0.260 e. The van der Waals surface area contributed by atoms with E-state index in [1.54, 1.807) is 6.07 Å². The Morgan fingerprint density at radius 3 is 2.81 bits per heavy atom. The fraction of sp³-hybridized carbons (Fsp3) is 0.300. The molecule has 0 saturated carbocycles. The van der Waals surface area contributed by atoms with Gasteiger partial charge < -0.3 is 10.2 Å². The molecule has 0 spiro atoms. The number of nitrogens with one attached hydrogen (secondary N) is 1. The van der Waals surface area contributed by atoms with Gasteiger partial charge in [0.05, 0.1) is 10.6 Å². The van der Waals surface area contributed by atoms with E-state index in [0.29, 0.717) is 25.1 Å². The third-order valence-electron chi connectivity index (χ3n) is 4.46. The number of carbonyl (C=O) groups is 2. The number of rotatable bonds is 5. The van der Waals surface area contributed by atoms with Crippen LogP contribution in [0.2, 0.25) is 5.02 Å². The highest BCUT2D eigenvalue weighted by molar-refractivity contribution is 6.34. The Labute approximate surface area is 157 Å². The molecular weight excluding hydrogens is 355 g/mol. The number of amides is 2. The predicted molar refractivity (Wildman–Crippen MR) is 101 cm³/mol. The minimum absolute atomic E-state index is 0.0665. The van der Waals surface area contributed by atoms with Crippen LogP contribution in [-0.2, 0) is 11.2 Å². The minimum atomic E-state index is -0.663. The van der Waals surface area contributed by atoms with Crippen molar-refractivity contribution < 1.29 is 14.0 Å². The summed E-state index contributed by atoms with van der Waals surface area (Å²) in [5, 5.41) is 2.76. The monoisotopic (exact) mass is 374 g/mol. The fourth-order valence-corrected chi connectivity index (χ4v) is 3.36. The van der Waals surface area contributed by atoms with Crippen molar-refractivity contribution in [3.05, 3.63) is 58.4 Å². The summed E-state index contributed by atoms with van der Waals surface area (Å²) < 4.78 is 13.9. The van der Waals surface area contributed by atoms with E-state index in [-0.39, 0.29) is 16.5 Å². The molecule has 1 heterocycles. The first kappa shape index (κ1) is 18.4. The van der Waals surface area contributed by atoms with E-state index in [2.05, 4.69) is 12.2 Å². The van der Waals surface area contributed by atoms with Gasteiger partial charge in [0.15, 0.2) is 0 Å². The molecule has 0 aliphatic carbocycles. The lowest BCUT2D eigenvalue weighted by Gasteiger charge is -2.29. The number of hydrogen-bond acceptors (Lipinski definition) is 2. The van der Waals surface area contributed by atoms with Crippen molar-refractivity contribution in [1.82, 2.24) is 0 Å². The number of hydrogen-bond donors (Lipinski definition) is 1. The van der Waals surface area contributed by atoms with Gasteiger partial charge in [-0.2, -0.15) is 0 Å². The summed E-state index contributed by atoms with van der Waals surface area (Å²) >= 11 is 5.94. The number of aryl methyl sites for hydroxylation is 1. The Hall–Kier alpha value is -2.40. The fourth-order valence-electron chi connectivity index (χ4n) is 3.11. The van der Waals surface area contributed by atoms with Gasteiger partial charge in [-0.3, -0.25) is 9.59 Å². The summed E-state index contributed by atoms with van der Waals surface area (Å²) in [5.41, 5.74) is 2.26. The number of halogens is 2. The SMILES string of the molecule is CCCCN1C(=O)CCc2cc(NC(=O)c3c(F)cccc3Cl)ccc21. The molecule has 4 nitrogen and oxygen atoms in total. The van der Waals surface area contributed by atoms with E-state index in [1.165, 1.54) is 18.2 Å². The molecule has 0 bridgehead atoms. The van der Waals surface area contributed by atoms with Gasteiger partial charge in [0, 0.05) is 24.3 Å². The summed E-state index contributed by atoms with van der Waals surface area (Å²) in [5.74, 6) is -1.13. The summed E-state index contributed by atoms with van der Waals surface area (Å²) in [7, 11) is 0. The zero-order valence-corrected chi connectivity index (χ0v) is 15.3. The molecule has 3 rings (SSSR count). The zero-order valence-electron chi connectivity index (χ0n) is 14.5. The van der Waals surface area contributed by atoms with Crippen LogP contribution in [0.3, 0.4) is 0 Å². The molecule has 0 unspecified atom stereocenters. The zero-order chi connectivity index (χ0) is 18.7. The summed E-state index contributed by atoms with van der Waals surface area (Å²) in [4.78, 5) is 26.4. The highest BCUT2D eigenvalue weighted by Gasteiger charge is 2.24. The Morgan fingerprint density at radius 1 is 1.27 bits per heavy atom. The van der Waals surface area contributed by atoms with Gasteiger partial charge in [-0.25, -0.2) is 4.39 Å². The molecule has 0 saturated heterocycles. The van der Waals surface area contributed by atoms with Crippen LogP contribution in [0.15, 0.2) is 36.4 Å². The Kier molecular flexibility index (Phi) is 5.57. The molecule has 6 heteroatoms. The van der Waals surface area contributed by atoms with E-state index < -0.39 is 11.7 Å². The van der Waals surface area contributed by atoms with E-state index in [9.17, 15) is 14.0 Å². The number of unbranched alkanes of at least 4 members (excludes halogenated alkanes) is 1. The van der Waals surface area contributed by atoms with Gasteiger partial charge >= 0.3 is 0 Å².